The smallest absolute Gasteiger partial charge is 0.283 e. The first-order valence-electron chi connectivity index (χ1n) is 40.6. The number of hydrogen-bond donors (Lipinski definition) is 7. The highest BCUT2D eigenvalue weighted by Crippen LogP contribution is 2.23. The first kappa shape index (κ1) is 125. The Morgan fingerprint density at radius 2 is 0.526 bits per heavy atom. The van der Waals surface area contributed by atoms with Crippen LogP contribution < -0.4 is 37.2 Å². The summed E-state index contributed by atoms with van der Waals surface area (Å²) < 4.78 is 265. The van der Waals surface area contributed by atoms with Crippen LogP contribution in [0.3, 0.4) is 0 Å². The number of hydrogen-bond acceptors (Lipinski definition) is 16. The molecule has 0 saturated carbocycles. The van der Waals surface area contributed by atoms with E-state index in [9.17, 15) is 74.6 Å². The van der Waals surface area contributed by atoms with Gasteiger partial charge in [0.2, 0.25) is 0 Å². The van der Waals surface area contributed by atoms with Gasteiger partial charge in [0.15, 0.2) is 0 Å². The van der Waals surface area contributed by atoms with E-state index in [1.807, 2.05) is 69.2 Å². The summed E-state index contributed by atoms with van der Waals surface area (Å²) >= 11 is 0. The molecule has 0 aromatic heterocycles. The summed E-state index contributed by atoms with van der Waals surface area (Å²) in [5.41, 5.74) is -1.10. The Labute approximate surface area is 680 Å². The molecule has 0 aromatic carbocycles. The van der Waals surface area contributed by atoms with Crippen LogP contribution in [-0.4, -0.2) is 270 Å². The van der Waals surface area contributed by atoms with Crippen LogP contribution in [0.2, 0.25) is 0 Å². The molecule has 0 bridgehead atoms. The van der Waals surface area contributed by atoms with Crippen LogP contribution in [0.1, 0.15) is 258 Å². The van der Waals surface area contributed by atoms with Gasteiger partial charge in [-0.1, -0.05) is 48.5 Å². The van der Waals surface area contributed by atoms with E-state index in [-0.39, 0.29) is 118 Å². The zero-order valence-corrected chi connectivity index (χ0v) is 75.7. The van der Waals surface area contributed by atoms with Gasteiger partial charge in [-0.3, -0.25) is 0 Å². The molecule has 0 aliphatic carbocycles. The molecule has 5 unspecified atom stereocenters. The third-order valence-electron chi connectivity index (χ3n) is 14.1. The first-order valence-corrected chi connectivity index (χ1v) is 40.6. The maximum Gasteiger partial charge on any atom is 0.283 e. The van der Waals surface area contributed by atoms with Crippen molar-refractivity contribution >= 4 is 0 Å². The number of nitrogens with one attached hydrogen (secondary N) is 7. The molecule has 0 spiro atoms. The largest absolute Gasteiger partial charge is 0.379 e. The second kappa shape index (κ2) is 66.8. The lowest BCUT2D eigenvalue weighted by Crippen LogP contribution is -2.45. The Morgan fingerprint density at radius 3 is 0.895 bits per heavy atom. The van der Waals surface area contributed by atoms with Crippen LogP contribution in [0.4, 0.5) is 74.6 Å². The summed E-state index contributed by atoms with van der Waals surface area (Å²) in [5.74, 6) is -17.4. The molecule has 0 aromatic rings. The third-order valence-corrected chi connectivity index (χ3v) is 14.1. The molecule has 0 rings (SSSR count). The Kier molecular flexibility index (Phi) is 73.4. The molecular weight excluding hydrogens is 1540 g/mol. The average molecular weight is 1710 g/mol. The van der Waals surface area contributed by atoms with E-state index in [2.05, 4.69) is 99.9 Å². The highest BCUT2D eigenvalue weighted by molar-refractivity contribution is 4.81. The molecule has 0 heterocycles. The second-order valence-corrected chi connectivity index (χ2v) is 35.4. The molecule has 0 radical (unpaired) electrons. The predicted octanol–water partition coefficient (Wildman–Crippen LogP) is 19.3. The lowest BCUT2D eigenvalue weighted by Gasteiger charge is -2.25. The zero-order chi connectivity index (χ0) is 90.4. The topological polar surface area (TPSA) is 167 Å². The van der Waals surface area contributed by atoms with Crippen LogP contribution in [0.5, 0.6) is 0 Å². The van der Waals surface area contributed by atoms with E-state index < -0.39 is 131 Å². The number of halogens is 17. The number of rotatable bonds is 55. The van der Waals surface area contributed by atoms with Gasteiger partial charge in [-0.25, -0.2) is 74.6 Å². The van der Waals surface area contributed by atoms with Crippen molar-refractivity contribution in [2.45, 2.75) is 363 Å². The fraction of sp³-hybridized carbons (Fsp3) is 1.00. The van der Waals surface area contributed by atoms with Gasteiger partial charge in [-0.2, -0.15) is 0 Å². The van der Waals surface area contributed by atoms with Crippen molar-refractivity contribution in [3.63, 3.8) is 0 Å². The van der Waals surface area contributed by atoms with Gasteiger partial charge in [0.25, 0.3) is 35.5 Å². The molecule has 698 valence electrons. The van der Waals surface area contributed by atoms with Gasteiger partial charge in [-0.15, -0.1) is 0 Å². The summed E-state index contributed by atoms with van der Waals surface area (Å²) in [6, 6.07) is 0. The molecule has 7 N–H and O–H groups in total. The standard InChI is InChI=1S/C13H27F2NO2.C13H28FNO2.C11H21F4NO.2C11H22F3NO.2C11H23F2NO/c1-5-8-17-9-10-18-11-13(14,15)6-7-16-12(2,3)4;1-5-8-16-9-10-17-11-12(14)6-7-15-13(2,3)4;1-5-10(12,13)7-17-8-11(14,15)6-16-9(2,3)4;1-5-11(13,14)8-16-7-9(12)6-15-10(2,3)4;1-5-9(12)6-16-8-11(13,14)7-15-10(2,3)4;1-5-9(12)7-15-8-10(13)6-14-11(2,3)4;1-5-11(12,13)9-15-8-6-7-14-10(2,3)4/h16H,5-11H2,1-4H3;12,15H,5-11H2,1-4H3;16H,5-8H2,1-4H3;2*9,15H,5-8H2,1-4H3;9-10,14H,5-8H2,1-4H3;14H,5-9H2,1-4H3. The van der Waals surface area contributed by atoms with Crippen LogP contribution in [0, 0.1) is 0 Å². The van der Waals surface area contributed by atoms with Crippen LogP contribution in [0.15, 0.2) is 0 Å². The molecular formula is C81H166F17N7O9. The average Bonchev–Trinajstić information content (AvgIpc) is 0.851. The third kappa shape index (κ3) is 112. The van der Waals surface area contributed by atoms with Crippen LogP contribution >= 0.6 is 0 Å². The maximum atomic E-state index is 13.4. The van der Waals surface area contributed by atoms with Crippen molar-refractivity contribution in [2.75, 3.05) is 165 Å². The van der Waals surface area contributed by atoms with Gasteiger partial charge in [0.1, 0.15) is 70.5 Å². The number of alkyl halides is 17. The van der Waals surface area contributed by atoms with Crippen molar-refractivity contribution < 1.29 is 117 Å². The van der Waals surface area contributed by atoms with E-state index in [4.69, 9.17) is 28.4 Å². The van der Waals surface area contributed by atoms with Gasteiger partial charge >= 0.3 is 0 Å². The predicted molar refractivity (Wildman–Crippen MR) is 432 cm³/mol. The Balaban J connectivity index is -0.000000235. The highest BCUT2D eigenvalue weighted by Gasteiger charge is 2.35. The van der Waals surface area contributed by atoms with Crippen LogP contribution in [-0.2, 0) is 42.6 Å². The molecule has 33 heteroatoms. The van der Waals surface area contributed by atoms with E-state index in [0.29, 0.717) is 52.4 Å². The fourth-order valence-corrected chi connectivity index (χ4v) is 7.13. The summed E-state index contributed by atoms with van der Waals surface area (Å²) in [5, 5.41) is 20.8. The quantitative estimate of drug-likeness (QED) is 0.0227. The Bertz CT molecular complexity index is 2120. The summed E-state index contributed by atoms with van der Waals surface area (Å²) in [7, 11) is 0. The van der Waals surface area contributed by atoms with Crippen molar-refractivity contribution in [3.8, 4) is 0 Å². The van der Waals surface area contributed by atoms with Gasteiger partial charge in [0, 0.05) is 104 Å². The van der Waals surface area contributed by atoms with Gasteiger partial charge < -0.3 is 79.8 Å². The highest BCUT2D eigenvalue weighted by atomic mass is 19.3. The first-order chi connectivity index (χ1) is 51.6. The molecule has 114 heavy (non-hydrogen) atoms. The molecule has 0 aliphatic rings. The number of ether oxygens (including phenoxy) is 9. The summed E-state index contributed by atoms with van der Waals surface area (Å²) in [4.78, 5) is 0. The molecule has 0 fully saturated rings. The molecule has 5 atom stereocenters. The van der Waals surface area contributed by atoms with E-state index in [1.54, 1.807) is 55.4 Å². The molecule has 0 saturated heterocycles. The Morgan fingerprint density at radius 1 is 0.246 bits per heavy atom. The van der Waals surface area contributed by atoms with Gasteiger partial charge in [0.05, 0.1) is 72.6 Å². The second-order valence-electron chi connectivity index (χ2n) is 35.4. The van der Waals surface area contributed by atoms with Crippen LogP contribution in [0.25, 0.3) is 0 Å². The van der Waals surface area contributed by atoms with Gasteiger partial charge in [-0.05, 0) is 197 Å². The summed E-state index contributed by atoms with van der Waals surface area (Å²) in [6.07, 6.45) is -2.56. The normalized spacial score (nSPS) is 14.4. The monoisotopic (exact) mass is 1700 g/mol. The van der Waals surface area contributed by atoms with Crippen molar-refractivity contribution in [2.24, 2.45) is 0 Å². The fourth-order valence-electron chi connectivity index (χ4n) is 7.13. The Hall–Kier alpha value is -1.83. The SMILES string of the molecule is CCC(F)(F)COCC(F)(F)CNC(C)(C)C.CCC(F)(F)COCC(F)CNC(C)(C)C.CCC(F)(F)COCCCNC(C)(C)C.CCC(F)COCC(F)(F)CNC(C)(C)C.CCC(F)COCC(F)CNC(C)(C)C.CCCOCCOCC(F)(F)CCNC(C)(C)C.CCCOCCOCC(F)CCNC(C)(C)C. The lowest BCUT2D eigenvalue weighted by molar-refractivity contribution is -0.129. The minimum Gasteiger partial charge on any atom is -0.379 e. The van der Waals surface area contributed by atoms with E-state index in [0.717, 1.165) is 32.4 Å². The molecule has 0 aliphatic heterocycles. The maximum absolute atomic E-state index is 13.4. The van der Waals surface area contributed by atoms with Crippen molar-refractivity contribution in [1.29, 1.82) is 0 Å². The van der Waals surface area contributed by atoms with E-state index >= 15 is 0 Å². The minimum atomic E-state index is -3.14. The minimum absolute atomic E-state index is 0.00750. The van der Waals surface area contributed by atoms with Crippen molar-refractivity contribution in [3.05, 3.63) is 0 Å². The van der Waals surface area contributed by atoms with E-state index in [1.165, 1.54) is 20.8 Å². The lowest BCUT2D eigenvalue weighted by atomic mass is 10.1. The molecule has 0 amide bonds. The van der Waals surface area contributed by atoms with Crippen molar-refractivity contribution in [1.82, 2.24) is 37.2 Å². The summed E-state index contributed by atoms with van der Waals surface area (Å²) in [6.45, 7) is 51.8. The zero-order valence-electron chi connectivity index (χ0n) is 75.7. The molecule has 16 nitrogen and oxygen atoms in total.